The predicted molar refractivity (Wildman–Crippen MR) is 85.8 cm³/mol. The Morgan fingerprint density at radius 2 is 1.80 bits per heavy atom. The molecule has 0 aliphatic carbocycles. The first-order valence-corrected chi connectivity index (χ1v) is 9.17. The van der Waals surface area contributed by atoms with E-state index in [9.17, 15) is 26.4 Å². The molecule has 1 aromatic heterocycles. The number of hydrogen-bond acceptors (Lipinski definition) is 5. The molecule has 0 fully saturated rings. The number of ether oxygens (including phenoxy) is 1. The molecule has 1 aromatic carbocycles. The molecule has 0 amide bonds. The molecule has 0 N–H and O–H groups in total. The van der Waals surface area contributed by atoms with Gasteiger partial charge in [-0.1, -0.05) is 12.1 Å². The van der Waals surface area contributed by atoms with Crippen LogP contribution in [0.2, 0.25) is 0 Å². The number of sulfonamides is 1. The first-order valence-electron chi connectivity index (χ1n) is 6.85. The normalized spacial score (nSPS) is 12.4. The first kappa shape index (κ1) is 19.4. The number of rotatable bonds is 5. The molecule has 5 nitrogen and oxygen atoms in total. The van der Waals surface area contributed by atoms with Crippen LogP contribution in [0.3, 0.4) is 0 Å². The van der Waals surface area contributed by atoms with E-state index >= 15 is 0 Å². The molecule has 1 heterocycles. The SMILES string of the molecule is COC(=O)c1sccc1S(=O)(=O)N(C)Cc1ccc(C(F)(F)F)cc1. The van der Waals surface area contributed by atoms with Gasteiger partial charge in [-0.3, -0.25) is 0 Å². The van der Waals surface area contributed by atoms with Gasteiger partial charge in [0.05, 0.1) is 12.7 Å². The lowest BCUT2D eigenvalue weighted by atomic mass is 10.1. The second-order valence-corrected chi connectivity index (χ2v) is 7.99. The van der Waals surface area contributed by atoms with Crippen LogP contribution in [0.4, 0.5) is 13.2 Å². The Labute approximate surface area is 146 Å². The van der Waals surface area contributed by atoms with Crippen molar-refractivity contribution in [1.29, 1.82) is 0 Å². The zero-order valence-electron chi connectivity index (χ0n) is 13.2. The topological polar surface area (TPSA) is 63.7 Å². The van der Waals surface area contributed by atoms with Crippen LogP contribution < -0.4 is 0 Å². The summed E-state index contributed by atoms with van der Waals surface area (Å²) < 4.78 is 68.4. The molecule has 136 valence electrons. The molecule has 10 heteroatoms. The third kappa shape index (κ3) is 4.20. The van der Waals surface area contributed by atoms with Crippen molar-refractivity contribution < 1.29 is 31.1 Å². The predicted octanol–water partition coefficient (Wildman–Crippen LogP) is 3.37. The minimum absolute atomic E-state index is 0.0539. The van der Waals surface area contributed by atoms with E-state index in [1.54, 1.807) is 0 Å². The van der Waals surface area contributed by atoms with Gasteiger partial charge in [-0.2, -0.15) is 17.5 Å². The van der Waals surface area contributed by atoms with Crippen LogP contribution in [0.15, 0.2) is 40.6 Å². The maximum absolute atomic E-state index is 12.6. The summed E-state index contributed by atoms with van der Waals surface area (Å²) in [5.41, 5.74) is -0.429. The van der Waals surface area contributed by atoms with Crippen molar-refractivity contribution in [3.8, 4) is 0 Å². The number of methoxy groups -OCH3 is 1. The van der Waals surface area contributed by atoms with Gasteiger partial charge >= 0.3 is 12.1 Å². The van der Waals surface area contributed by atoms with E-state index in [0.717, 1.165) is 34.9 Å². The molecule has 0 saturated heterocycles. The molecule has 0 aliphatic rings. The maximum atomic E-state index is 12.6. The van der Waals surface area contributed by atoms with E-state index < -0.39 is 27.7 Å². The van der Waals surface area contributed by atoms with Crippen LogP contribution in [-0.4, -0.2) is 32.8 Å². The van der Waals surface area contributed by atoms with Gasteiger partial charge in [0.2, 0.25) is 10.0 Å². The minimum Gasteiger partial charge on any atom is -0.465 e. The van der Waals surface area contributed by atoms with Gasteiger partial charge in [0.25, 0.3) is 0 Å². The van der Waals surface area contributed by atoms with Gasteiger partial charge in [0, 0.05) is 13.6 Å². The number of carbonyl (C=O) groups is 1. The highest BCUT2D eigenvalue weighted by atomic mass is 32.2. The summed E-state index contributed by atoms with van der Waals surface area (Å²) in [4.78, 5) is 11.4. The molecule has 0 spiro atoms. The molecule has 0 aliphatic heterocycles. The summed E-state index contributed by atoms with van der Waals surface area (Å²) in [5, 5.41) is 1.45. The molecule has 0 radical (unpaired) electrons. The number of esters is 1. The summed E-state index contributed by atoms with van der Waals surface area (Å²) >= 11 is 0.932. The summed E-state index contributed by atoms with van der Waals surface area (Å²) in [7, 11) is -1.57. The van der Waals surface area contributed by atoms with Crippen molar-refractivity contribution in [2.45, 2.75) is 17.6 Å². The highest BCUT2D eigenvalue weighted by Gasteiger charge is 2.31. The summed E-state index contributed by atoms with van der Waals surface area (Å²) in [5.74, 6) is -0.767. The van der Waals surface area contributed by atoms with Crippen molar-refractivity contribution in [3.63, 3.8) is 0 Å². The number of benzene rings is 1. The van der Waals surface area contributed by atoms with Gasteiger partial charge in [-0.15, -0.1) is 11.3 Å². The summed E-state index contributed by atoms with van der Waals surface area (Å²) in [6.45, 7) is -0.142. The second kappa shape index (κ2) is 7.14. The molecule has 2 rings (SSSR count). The van der Waals surface area contributed by atoms with Crippen LogP contribution in [0.5, 0.6) is 0 Å². The average molecular weight is 393 g/mol. The minimum atomic E-state index is -4.46. The maximum Gasteiger partial charge on any atom is 0.416 e. The Morgan fingerprint density at radius 3 is 2.32 bits per heavy atom. The Bertz CT molecular complexity index is 858. The van der Waals surface area contributed by atoms with Crippen LogP contribution in [-0.2, 0) is 27.5 Å². The molecular weight excluding hydrogens is 379 g/mol. The largest absolute Gasteiger partial charge is 0.465 e. The number of alkyl halides is 3. The molecule has 0 saturated carbocycles. The fourth-order valence-electron chi connectivity index (χ4n) is 2.05. The molecule has 0 bridgehead atoms. The fourth-order valence-corrected chi connectivity index (χ4v) is 4.51. The standard InChI is InChI=1S/C15H14F3NO4S2/c1-19(9-10-3-5-11(6-4-10)15(16,17)18)25(21,22)12-7-8-24-13(12)14(20)23-2/h3-8H,9H2,1-2H3. The van der Waals surface area contributed by atoms with E-state index in [4.69, 9.17) is 0 Å². The van der Waals surface area contributed by atoms with Crippen LogP contribution in [0.25, 0.3) is 0 Å². The van der Waals surface area contributed by atoms with Crippen molar-refractivity contribution in [2.75, 3.05) is 14.2 Å². The van der Waals surface area contributed by atoms with Gasteiger partial charge in [0.15, 0.2) is 0 Å². The number of nitrogens with zero attached hydrogens (tertiary/aromatic N) is 1. The fraction of sp³-hybridized carbons (Fsp3) is 0.267. The van der Waals surface area contributed by atoms with Crippen molar-refractivity contribution in [3.05, 3.63) is 51.7 Å². The summed E-state index contributed by atoms with van der Waals surface area (Å²) in [6, 6.07) is 5.49. The zero-order valence-corrected chi connectivity index (χ0v) is 14.8. The van der Waals surface area contributed by atoms with Gasteiger partial charge in [0.1, 0.15) is 9.77 Å². The molecule has 25 heavy (non-hydrogen) atoms. The van der Waals surface area contributed by atoms with E-state index in [0.29, 0.717) is 5.56 Å². The van der Waals surface area contributed by atoms with Gasteiger partial charge in [-0.05, 0) is 29.1 Å². The van der Waals surface area contributed by atoms with Crippen molar-refractivity contribution in [2.24, 2.45) is 0 Å². The molecule has 0 unspecified atom stereocenters. The smallest absolute Gasteiger partial charge is 0.416 e. The third-order valence-corrected chi connectivity index (χ3v) is 6.24. The summed E-state index contributed by atoms with van der Waals surface area (Å²) in [6.07, 6.45) is -4.46. The van der Waals surface area contributed by atoms with Crippen LogP contribution in [0.1, 0.15) is 20.8 Å². The number of carbonyl (C=O) groups excluding carboxylic acids is 1. The van der Waals surface area contributed by atoms with E-state index in [1.165, 1.54) is 30.6 Å². The van der Waals surface area contributed by atoms with Crippen molar-refractivity contribution in [1.82, 2.24) is 4.31 Å². The molecule has 2 aromatic rings. The van der Waals surface area contributed by atoms with Gasteiger partial charge < -0.3 is 4.74 Å². The van der Waals surface area contributed by atoms with Crippen LogP contribution >= 0.6 is 11.3 Å². The quantitative estimate of drug-likeness (QED) is 0.731. The third-order valence-electron chi connectivity index (χ3n) is 3.37. The van der Waals surface area contributed by atoms with Gasteiger partial charge in [-0.25, -0.2) is 13.2 Å². The highest BCUT2D eigenvalue weighted by Crippen LogP contribution is 2.30. The van der Waals surface area contributed by atoms with Crippen molar-refractivity contribution >= 4 is 27.3 Å². The monoisotopic (exact) mass is 393 g/mol. The van der Waals surface area contributed by atoms with E-state index in [1.807, 2.05) is 0 Å². The lowest BCUT2D eigenvalue weighted by Crippen LogP contribution is -2.27. The Hall–Kier alpha value is -1.91. The Kier molecular flexibility index (Phi) is 5.55. The van der Waals surface area contributed by atoms with E-state index in [2.05, 4.69) is 4.74 Å². The van der Waals surface area contributed by atoms with Crippen LogP contribution in [0, 0.1) is 0 Å². The molecular formula is C15H14F3NO4S2. The number of thiophene rings is 1. The highest BCUT2D eigenvalue weighted by molar-refractivity contribution is 7.89. The number of halogens is 3. The number of hydrogen-bond donors (Lipinski definition) is 0. The average Bonchev–Trinajstić information content (AvgIpc) is 3.04. The first-order chi connectivity index (χ1) is 11.6. The zero-order chi connectivity index (χ0) is 18.8. The Balaban J connectivity index is 2.24. The molecule has 0 atom stereocenters. The van der Waals surface area contributed by atoms with E-state index in [-0.39, 0.29) is 16.3 Å². The second-order valence-electron chi connectivity index (χ2n) is 5.06. The lowest BCUT2D eigenvalue weighted by molar-refractivity contribution is -0.137. The Morgan fingerprint density at radius 1 is 1.20 bits per heavy atom. The lowest BCUT2D eigenvalue weighted by Gasteiger charge is -2.17.